The number of rotatable bonds is 8. The van der Waals surface area contributed by atoms with E-state index in [2.05, 4.69) is 30.9 Å². The Hall–Kier alpha value is -2.15. The summed E-state index contributed by atoms with van der Waals surface area (Å²) in [7, 11) is 4.09. The predicted molar refractivity (Wildman–Crippen MR) is 129 cm³/mol. The van der Waals surface area contributed by atoms with Gasteiger partial charge in [-0.05, 0) is 89.3 Å². The van der Waals surface area contributed by atoms with Crippen molar-refractivity contribution in [3.05, 3.63) is 53.1 Å². The molecule has 162 valence electrons. The second kappa shape index (κ2) is 10.8. The molecule has 0 saturated heterocycles. The van der Waals surface area contributed by atoms with Gasteiger partial charge in [0.2, 0.25) is 0 Å². The predicted octanol–water partition coefficient (Wildman–Crippen LogP) is 5.33. The van der Waals surface area contributed by atoms with Crippen LogP contribution in [-0.4, -0.2) is 49.6 Å². The maximum absolute atomic E-state index is 13.4. The topological polar surface area (TPSA) is 45.7 Å². The van der Waals surface area contributed by atoms with Crippen molar-refractivity contribution in [2.24, 2.45) is 0 Å². The Balaban J connectivity index is 0.00000320. The zero-order valence-corrected chi connectivity index (χ0v) is 19.9. The Morgan fingerprint density at radius 2 is 1.80 bits per heavy atom. The molecule has 0 aliphatic carbocycles. The summed E-state index contributed by atoms with van der Waals surface area (Å²) in [5.74, 6) is 0.745. The first-order valence-corrected chi connectivity index (χ1v) is 10.8. The third kappa shape index (κ3) is 5.72. The largest absolute Gasteiger partial charge is 0.494 e. The minimum absolute atomic E-state index is 0. The molecule has 5 nitrogen and oxygen atoms in total. The lowest BCUT2D eigenvalue weighted by Crippen LogP contribution is -2.33. The number of hydrogen-bond donors (Lipinski definition) is 0. The number of aromatic nitrogens is 1. The van der Waals surface area contributed by atoms with Crippen LogP contribution in [0.5, 0.6) is 5.75 Å². The van der Waals surface area contributed by atoms with Crippen molar-refractivity contribution in [2.75, 3.05) is 38.7 Å². The number of halogens is 1. The molecule has 1 aromatic heterocycles. The SMILES string of the molecule is CCOc1ccc(C(=O)N(CCCN(C)C)c2nc3c(C)cc(C)cc3s2)cc1.Cl. The van der Waals surface area contributed by atoms with Gasteiger partial charge in [0.05, 0.1) is 16.8 Å². The Morgan fingerprint density at radius 1 is 1.10 bits per heavy atom. The summed E-state index contributed by atoms with van der Waals surface area (Å²) < 4.78 is 6.62. The molecule has 1 amide bonds. The van der Waals surface area contributed by atoms with E-state index >= 15 is 0 Å². The first kappa shape index (κ1) is 24.1. The van der Waals surface area contributed by atoms with Crippen molar-refractivity contribution >= 4 is 45.0 Å². The highest BCUT2D eigenvalue weighted by Crippen LogP contribution is 2.32. The van der Waals surface area contributed by atoms with Crippen LogP contribution in [-0.2, 0) is 0 Å². The van der Waals surface area contributed by atoms with Crippen LogP contribution in [0.1, 0.15) is 34.8 Å². The van der Waals surface area contributed by atoms with Crippen LogP contribution < -0.4 is 9.64 Å². The number of aryl methyl sites for hydroxylation is 2. The molecule has 3 aromatic rings. The number of carbonyl (C=O) groups is 1. The molecular weight excluding hydrogens is 418 g/mol. The van der Waals surface area contributed by atoms with Crippen molar-refractivity contribution < 1.29 is 9.53 Å². The highest BCUT2D eigenvalue weighted by molar-refractivity contribution is 7.22. The summed E-state index contributed by atoms with van der Waals surface area (Å²) in [5, 5.41) is 0.756. The lowest BCUT2D eigenvalue weighted by molar-refractivity contribution is 0.0986. The fraction of sp³-hybridized carbons (Fsp3) is 0.391. The summed E-state index contributed by atoms with van der Waals surface area (Å²) in [6.45, 7) is 8.25. The number of fused-ring (bicyclic) bond motifs is 1. The summed E-state index contributed by atoms with van der Waals surface area (Å²) in [5.41, 5.74) is 3.98. The molecule has 0 fully saturated rings. The average Bonchev–Trinajstić information content (AvgIpc) is 3.09. The molecule has 0 radical (unpaired) electrons. The normalized spacial score (nSPS) is 10.9. The van der Waals surface area contributed by atoms with Crippen molar-refractivity contribution in [3.63, 3.8) is 0 Å². The zero-order chi connectivity index (χ0) is 21.0. The summed E-state index contributed by atoms with van der Waals surface area (Å²) in [6.07, 6.45) is 0.879. The van der Waals surface area contributed by atoms with Gasteiger partial charge >= 0.3 is 0 Å². The number of anilines is 1. The summed E-state index contributed by atoms with van der Waals surface area (Å²) in [6, 6.07) is 11.6. The molecule has 0 N–H and O–H groups in total. The maximum atomic E-state index is 13.4. The first-order chi connectivity index (χ1) is 13.9. The molecular formula is C23H30ClN3O2S. The lowest BCUT2D eigenvalue weighted by atomic mass is 10.1. The molecule has 0 atom stereocenters. The molecule has 0 saturated carbocycles. The van der Waals surface area contributed by atoms with E-state index in [0.29, 0.717) is 18.7 Å². The fourth-order valence-corrected chi connectivity index (χ4v) is 4.49. The van der Waals surface area contributed by atoms with Gasteiger partial charge in [0, 0.05) is 12.1 Å². The van der Waals surface area contributed by atoms with Gasteiger partial charge in [-0.3, -0.25) is 9.69 Å². The molecule has 7 heteroatoms. The van der Waals surface area contributed by atoms with Gasteiger partial charge in [-0.2, -0.15) is 0 Å². The Morgan fingerprint density at radius 3 is 2.43 bits per heavy atom. The second-order valence-corrected chi connectivity index (χ2v) is 8.51. The van der Waals surface area contributed by atoms with Gasteiger partial charge in [-0.15, -0.1) is 12.4 Å². The number of hydrogen-bond acceptors (Lipinski definition) is 5. The highest BCUT2D eigenvalue weighted by Gasteiger charge is 2.22. The van der Waals surface area contributed by atoms with Crippen molar-refractivity contribution in [3.8, 4) is 5.75 Å². The van der Waals surface area contributed by atoms with E-state index in [9.17, 15) is 4.79 Å². The smallest absolute Gasteiger partial charge is 0.260 e. The van der Waals surface area contributed by atoms with Crippen molar-refractivity contribution in [1.29, 1.82) is 0 Å². The van der Waals surface area contributed by atoms with E-state index in [4.69, 9.17) is 9.72 Å². The van der Waals surface area contributed by atoms with E-state index in [1.807, 2.05) is 50.2 Å². The zero-order valence-electron chi connectivity index (χ0n) is 18.3. The number of ether oxygens (including phenoxy) is 1. The molecule has 0 spiro atoms. The van der Waals surface area contributed by atoms with Crippen molar-refractivity contribution in [2.45, 2.75) is 27.2 Å². The minimum atomic E-state index is -0.0276. The molecule has 1 heterocycles. The van der Waals surface area contributed by atoms with Gasteiger partial charge in [0.15, 0.2) is 5.13 Å². The van der Waals surface area contributed by atoms with Crippen LogP contribution in [0.25, 0.3) is 10.2 Å². The monoisotopic (exact) mass is 447 g/mol. The fourth-order valence-electron chi connectivity index (χ4n) is 3.32. The second-order valence-electron chi connectivity index (χ2n) is 7.50. The van der Waals surface area contributed by atoms with Crippen molar-refractivity contribution in [1.82, 2.24) is 9.88 Å². The quantitative estimate of drug-likeness (QED) is 0.468. The molecule has 0 unspecified atom stereocenters. The summed E-state index contributed by atoms with van der Waals surface area (Å²) >= 11 is 1.58. The van der Waals surface area contributed by atoms with Crippen LogP contribution in [0.15, 0.2) is 36.4 Å². The minimum Gasteiger partial charge on any atom is -0.494 e. The van der Waals surface area contributed by atoms with E-state index in [-0.39, 0.29) is 18.3 Å². The van der Waals surface area contributed by atoms with Gasteiger partial charge in [-0.1, -0.05) is 17.4 Å². The van der Waals surface area contributed by atoms with E-state index in [1.165, 1.54) is 5.56 Å². The molecule has 0 aliphatic heterocycles. The van der Waals surface area contributed by atoms with Crippen LogP contribution in [0, 0.1) is 13.8 Å². The Kier molecular flexibility index (Phi) is 8.65. The van der Waals surface area contributed by atoms with Gasteiger partial charge in [-0.25, -0.2) is 4.98 Å². The van der Waals surface area contributed by atoms with Crippen LogP contribution >= 0.6 is 23.7 Å². The molecule has 2 aromatic carbocycles. The number of nitrogens with zero attached hydrogens (tertiary/aromatic N) is 3. The lowest BCUT2D eigenvalue weighted by Gasteiger charge is -2.21. The molecule has 30 heavy (non-hydrogen) atoms. The van der Waals surface area contributed by atoms with E-state index < -0.39 is 0 Å². The van der Waals surface area contributed by atoms with Gasteiger partial charge in [0.1, 0.15) is 5.75 Å². The molecule has 3 rings (SSSR count). The standard InChI is InChI=1S/C23H29N3O2S.ClH/c1-6-28-19-10-8-18(9-11-19)22(27)26(13-7-12-25(4)5)23-24-21-17(3)14-16(2)15-20(21)29-23;/h8-11,14-15H,6-7,12-13H2,1-5H3;1H. The maximum Gasteiger partial charge on any atom is 0.260 e. The number of thiazole rings is 1. The van der Waals surface area contributed by atoms with Gasteiger partial charge in [0.25, 0.3) is 5.91 Å². The van der Waals surface area contributed by atoms with E-state index in [0.717, 1.165) is 39.6 Å². The average molecular weight is 448 g/mol. The first-order valence-electron chi connectivity index (χ1n) is 9.96. The third-order valence-corrected chi connectivity index (χ3v) is 5.72. The summed E-state index contributed by atoms with van der Waals surface area (Å²) in [4.78, 5) is 22.1. The number of benzene rings is 2. The third-order valence-electron chi connectivity index (χ3n) is 4.69. The highest BCUT2D eigenvalue weighted by atomic mass is 35.5. The molecule has 0 aliphatic rings. The van der Waals surface area contributed by atoms with Crippen LogP contribution in [0.3, 0.4) is 0 Å². The van der Waals surface area contributed by atoms with E-state index in [1.54, 1.807) is 11.3 Å². The Bertz CT molecular complexity index is 986. The molecule has 0 bridgehead atoms. The van der Waals surface area contributed by atoms with Crippen LogP contribution in [0.4, 0.5) is 5.13 Å². The number of carbonyl (C=O) groups excluding carboxylic acids is 1. The Labute approximate surface area is 189 Å². The number of amides is 1. The van der Waals surface area contributed by atoms with Gasteiger partial charge < -0.3 is 9.64 Å². The van der Waals surface area contributed by atoms with Crippen LogP contribution in [0.2, 0.25) is 0 Å².